The molecule has 0 unspecified atom stereocenters. The molecule has 0 aliphatic rings. The molecule has 0 aliphatic carbocycles. The third-order valence-electron chi connectivity index (χ3n) is 3.08. The molecular formula is C11H16ClN5O2. The van der Waals surface area contributed by atoms with Gasteiger partial charge in [-0.2, -0.15) is 5.10 Å². The minimum absolute atomic E-state index is 0.255. The van der Waals surface area contributed by atoms with E-state index >= 15 is 0 Å². The van der Waals surface area contributed by atoms with Crippen molar-refractivity contribution in [2.75, 3.05) is 11.6 Å². The van der Waals surface area contributed by atoms with Crippen LogP contribution in [0.2, 0.25) is 0 Å². The Morgan fingerprint density at radius 3 is 2.37 bits per heavy atom. The van der Waals surface area contributed by atoms with E-state index in [1.54, 1.807) is 6.92 Å². The number of fused-ring (bicyclic) bond motifs is 1. The normalized spacial score (nSPS) is 11.3. The summed E-state index contributed by atoms with van der Waals surface area (Å²) >= 11 is 5.67. The molecular weight excluding hydrogens is 270 g/mol. The van der Waals surface area contributed by atoms with E-state index in [0.717, 1.165) is 4.57 Å². The van der Waals surface area contributed by atoms with E-state index in [1.165, 1.54) is 9.25 Å². The van der Waals surface area contributed by atoms with E-state index in [4.69, 9.17) is 17.3 Å². The first-order chi connectivity index (χ1) is 9.06. The Bertz CT molecular complexity index is 727. The third-order valence-corrected chi connectivity index (χ3v) is 3.25. The number of halogens is 1. The predicted octanol–water partition coefficient (Wildman–Crippen LogP) is 0.220. The summed E-state index contributed by atoms with van der Waals surface area (Å²) in [6.07, 6.45) is 0. The van der Waals surface area contributed by atoms with Crippen molar-refractivity contribution in [1.82, 2.24) is 18.9 Å². The van der Waals surface area contributed by atoms with Gasteiger partial charge in [0.05, 0.1) is 6.54 Å². The zero-order valence-electron chi connectivity index (χ0n) is 10.9. The molecule has 0 spiro atoms. The highest BCUT2D eigenvalue weighted by molar-refractivity contribution is 6.17. The number of aromatic nitrogens is 4. The first-order valence-electron chi connectivity index (χ1n) is 6.12. The minimum atomic E-state index is -0.398. The van der Waals surface area contributed by atoms with Crippen LogP contribution < -0.4 is 17.0 Å². The Hall–Kier alpha value is -1.76. The predicted molar refractivity (Wildman–Crippen MR) is 74.7 cm³/mol. The molecule has 2 aromatic heterocycles. The van der Waals surface area contributed by atoms with Gasteiger partial charge in [0, 0.05) is 19.0 Å². The second kappa shape index (κ2) is 5.08. The van der Waals surface area contributed by atoms with Crippen LogP contribution in [0.15, 0.2) is 9.59 Å². The van der Waals surface area contributed by atoms with Crippen LogP contribution in [-0.4, -0.2) is 24.8 Å². The molecule has 104 valence electrons. The molecule has 0 bridgehead atoms. The Morgan fingerprint density at radius 1 is 1.21 bits per heavy atom. The van der Waals surface area contributed by atoms with Crippen LogP contribution in [0.5, 0.6) is 0 Å². The van der Waals surface area contributed by atoms with Crippen molar-refractivity contribution in [3.63, 3.8) is 0 Å². The summed E-state index contributed by atoms with van der Waals surface area (Å²) in [6, 6.07) is 0. The highest BCUT2D eigenvalue weighted by Crippen LogP contribution is 2.15. The van der Waals surface area contributed by atoms with Crippen molar-refractivity contribution < 1.29 is 0 Å². The smallest absolute Gasteiger partial charge is 0.332 e. The first kappa shape index (κ1) is 13.7. The molecule has 2 heterocycles. The van der Waals surface area contributed by atoms with Gasteiger partial charge in [0.2, 0.25) is 0 Å². The summed E-state index contributed by atoms with van der Waals surface area (Å²) in [6.45, 7) is 4.68. The number of nitrogens with zero attached hydrogens (tertiary/aromatic N) is 4. The molecule has 2 rings (SSSR count). The Labute approximate surface area is 114 Å². The van der Waals surface area contributed by atoms with Gasteiger partial charge < -0.3 is 5.73 Å². The van der Waals surface area contributed by atoms with Gasteiger partial charge in [0.15, 0.2) is 5.65 Å². The first-order valence-corrected chi connectivity index (χ1v) is 6.65. The lowest BCUT2D eigenvalue weighted by Crippen LogP contribution is -2.39. The second-order valence-electron chi connectivity index (χ2n) is 4.07. The number of aryl methyl sites for hydroxylation is 2. The number of rotatable bonds is 4. The molecule has 8 heteroatoms. The van der Waals surface area contributed by atoms with Crippen LogP contribution >= 0.6 is 11.6 Å². The molecule has 0 radical (unpaired) electrons. The van der Waals surface area contributed by atoms with Crippen LogP contribution in [0, 0.1) is 0 Å². The zero-order valence-corrected chi connectivity index (χ0v) is 11.6. The van der Waals surface area contributed by atoms with E-state index in [0.29, 0.717) is 31.2 Å². The van der Waals surface area contributed by atoms with Gasteiger partial charge in [-0.25, -0.2) is 9.48 Å². The van der Waals surface area contributed by atoms with Crippen molar-refractivity contribution in [2.24, 2.45) is 0 Å². The number of hydrogen-bond acceptors (Lipinski definition) is 4. The monoisotopic (exact) mass is 285 g/mol. The van der Waals surface area contributed by atoms with Crippen molar-refractivity contribution in [1.29, 1.82) is 0 Å². The van der Waals surface area contributed by atoms with E-state index in [2.05, 4.69) is 5.10 Å². The molecule has 0 aromatic carbocycles. The Balaban J connectivity index is 2.96. The average molecular weight is 286 g/mol. The largest absolute Gasteiger partial charge is 0.383 e. The number of hydrogen-bond donors (Lipinski definition) is 1. The SMILES string of the molecule is CCn1c(=O)c2c(N)n(CCCl)nc2n(CC)c1=O. The molecule has 2 N–H and O–H groups in total. The maximum absolute atomic E-state index is 12.3. The number of alkyl halides is 1. The lowest BCUT2D eigenvalue weighted by Gasteiger charge is -2.07. The summed E-state index contributed by atoms with van der Waals surface area (Å²) < 4.78 is 4.07. The highest BCUT2D eigenvalue weighted by Gasteiger charge is 2.18. The van der Waals surface area contributed by atoms with Gasteiger partial charge in [0.1, 0.15) is 11.2 Å². The van der Waals surface area contributed by atoms with Gasteiger partial charge in [-0.3, -0.25) is 13.9 Å². The van der Waals surface area contributed by atoms with Crippen LogP contribution in [0.4, 0.5) is 5.82 Å². The van der Waals surface area contributed by atoms with Crippen LogP contribution in [0.3, 0.4) is 0 Å². The maximum atomic E-state index is 12.3. The topological polar surface area (TPSA) is 87.8 Å². The number of anilines is 1. The van der Waals surface area contributed by atoms with Crippen molar-refractivity contribution in [2.45, 2.75) is 33.5 Å². The summed E-state index contributed by atoms with van der Waals surface area (Å²) in [4.78, 5) is 24.4. The third kappa shape index (κ3) is 1.94. The van der Waals surface area contributed by atoms with Crippen molar-refractivity contribution in [3.05, 3.63) is 20.8 Å². The van der Waals surface area contributed by atoms with Crippen LogP contribution in [-0.2, 0) is 19.6 Å². The molecule has 7 nitrogen and oxygen atoms in total. The Morgan fingerprint density at radius 2 is 1.84 bits per heavy atom. The average Bonchev–Trinajstić information content (AvgIpc) is 2.69. The summed E-state index contributed by atoms with van der Waals surface area (Å²) in [7, 11) is 0. The number of nitrogens with two attached hydrogens (primary N) is 1. The number of nitrogen functional groups attached to an aromatic ring is 1. The standard InChI is InChI=1S/C11H16ClN5O2/c1-3-15-9-7(8(13)17(14-9)6-5-12)10(18)16(4-2)11(15)19/h3-6,13H2,1-2H3. The lowest BCUT2D eigenvalue weighted by atomic mass is 10.3. The lowest BCUT2D eigenvalue weighted by molar-refractivity contribution is 0.600. The van der Waals surface area contributed by atoms with Gasteiger partial charge in [-0.05, 0) is 13.8 Å². The fraction of sp³-hybridized carbons (Fsp3) is 0.545. The fourth-order valence-corrected chi connectivity index (χ4v) is 2.29. The molecule has 2 aromatic rings. The molecule has 19 heavy (non-hydrogen) atoms. The fourth-order valence-electron chi connectivity index (χ4n) is 2.13. The van der Waals surface area contributed by atoms with Gasteiger partial charge in [0.25, 0.3) is 5.56 Å². The van der Waals surface area contributed by atoms with Gasteiger partial charge in [-0.1, -0.05) is 0 Å². The Kier molecular flexibility index (Phi) is 3.66. The van der Waals surface area contributed by atoms with Crippen LogP contribution in [0.25, 0.3) is 11.0 Å². The quantitative estimate of drug-likeness (QED) is 0.814. The highest BCUT2D eigenvalue weighted by atomic mass is 35.5. The van der Waals surface area contributed by atoms with Crippen molar-refractivity contribution >= 4 is 28.5 Å². The van der Waals surface area contributed by atoms with E-state index in [-0.39, 0.29) is 16.9 Å². The van der Waals surface area contributed by atoms with Gasteiger partial charge in [-0.15, -0.1) is 11.6 Å². The summed E-state index contributed by atoms with van der Waals surface area (Å²) in [5, 5.41) is 4.51. The molecule has 0 saturated carbocycles. The van der Waals surface area contributed by atoms with E-state index in [9.17, 15) is 9.59 Å². The molecule has 0 atom stereocenters. The molecule has 0 fully saturated rings. The molecule has 0 saturated heterocycles. The van der Waals surface area contributed by atoms with Gasteiger partial charge >= 0.3 is 5.69 Å². The molecule has 0 aliphatic heterocycles. The van der Waals surface area contributed by atoms with Crippen molar-refractivity contribution in [3.8, 4) is 0 Å². The maximum Gasteiger partial charge on any atom is 0.332 e. The van der Waals surface area contributed by atoms with E-state index < -0.39 is 5.56 Å². The zero-order chi connectivity index (χ0) is 14.2. The molecule has 0 amide bonds. The summed E-state index contributed by atoms with van der Waals surface area (Å²) in [5.41, 5.74) is 5.50. The van der Waals surface area contributed by atoms with E-state index in [1.807, 2.05) is 6.92 Å². The second-order valence-corrected chi connectivity index (χ2v) is 4.45. The van der Waals surface area contributed by atoms with Crippen LogP contribution in [0.1, 0.15) is 13.8 Å². The minimum Gasteiger partial charge on any atom is -0.383 e. The summed E-state index contributed by atoms with van der Waals surface area (Å²) in [5.74, 6) is 0.585.